The molecule has 0 saturated heterocycles. The smallest absolute Gasteiger partial charge is 0.416 e. The van der Waals surface area contributed by atoms with Gasteiger partial charge in [-0.2, -0.15) is 13.2 Å². The van der Waals surface area contributed by atoms with E-state index < -0.39 is 59.9 Å². The summed E-state index contributed by atoms with van der Waals surface area (Å²) in [4.78, 5) is 68.0. The van der Waals surface area contributed by atoms with Crippen molar-refractivity contribution in [1.82, 2.24) is 4.90 Å². The lowest BCUT2D eigenvalue weighted by molar-refractivity contribution is -0.170. The topological polar surface area (TPSA) is 128 Å². The van der Waals surface area contributed by atoms with Crippen LogP contribution in [0.1, 0.15) is 51.3 Å². The van der Waals surface area contributed by atoms with Crippen molar-refractivity contribution in [2.45, 2.75) is 31.9 Å². The molecule has 2 amide bonds. The van der Waals surface area contributed by atoms with E-state index in [4.69, 9.17) is 14.2 Å². The van der Waals surface area contributed by atoms with Crippen LogP contribution in [0.25, 0.3) is 11.1 Å². The molecule has 4 aromatic carbocycles. The van der Waals surface area contributed by atoms with E-state index in [0.29, 0.717) is 11.1 Å². The fraction of sp³-hybridized carbons (Fsp3) is 0.256. The third kappa shape index (κ3) is 8.84. The van der Waals surface area contributed by atoms with Crippen molar-refractivity contribution in [3.63, 3.8) is 0 Å². The molecule has 0 bridgehead atoms. The van der Waals surface area contributed by atoms with Gasteiger partial charge in [-0.05, 0) is 66.4 Å². The SMILES string of the molecule is CCOC(=O)C(COC(=O)Cc1ccc(NC(=O)c2ccccc2-c2ccc(C(F)(F)F)cc2)cc1C(=O)N(C)C)(C(=O)OCC)c1ccccc1. The molecule has 0 aliphatic heterocycles. The Labute approximate surface area is 298 Å². The minimum absolute atomic E-state index is 0.0553. The standard InChI is InChI=1S/C39H37F3N2O8/c1-5-50-36(48)38(37(49)51-6-2,27-12-8-7-9-13-27)24-52-33(45)22-26-18-21-29(23-32(26)35(47)44(3)4)43-34(46)31-15-11-10-14-30(31)25-16-19-28(20-17-25)39(40,41)42/h7-21,23H,5-6,22,24H2,1-4H3,(H,43,46). The second kappa shape index (κ2) is 16.8. The highest BCUT2D eigenvalue weighted by Crippen LogP contribution is 2.33. The number of benzene rings is 4. The number of ether oxygens (including phenoxy) is 3. The average Bonchev–Trinajstić information content (AvgIpc) is 3.12. The van der Waals surface area contributed by atoms with Gasteiger partial charge in [-0.1, -0.05) is 66.7 Å². The van der Waals surface area contributed by atoms with Gasteiger partial charge in [0.25, 0.3) is 11.8 Å². The van der Waals surface area contributed by atoms with E-state index in [1.54, 1.807) is 50.2 Å². The number of hydrogen-bond acceptors (Lipinski definition) is 8. The molecule has 1 N–H and O–H groups in total. The van der Waals surface area contributed by atoms with Gasteiger partial charge in [-0.25, -0.2) is 0 Å². The van der Waals surface area contributed by atoms with Gasteiger partial charge in [0.15, 0.2) is 0 Å². The minimum Gasteiger partial charge on any atom is -0.465 e. The molecule has 0 saturated carbocycles. The number of nitrogens with one attached hydrogen (secondary N) is 1. The Morgan fingerprint density at radius 1 is 0.692 bits per heavy atom. The second-order valence-electron chi connectivity index (χ2n) is 11.7. The summed E-state index contributed by atoms with van der Waals surface area (Å²) in [7, 11) is 3.01. The third-order valence-electron chi connectivity index (χ3n) is 8.00. The van der Waals surface area contributed by atoms with Crippen molar-refractivity contribution < 1.29 is 51.4 Å². The van der Waals surface area contributed by atoms with Gasteiger partial charge in [-0.15, -0.1) is 0 Å². The molecule has 4 rings (SSSR count). The lowest BCUT2D eigenvalue weighted by atomic mass is 9.81. The van der Waals surface area contributed by atoms with Crippen LogP contribution in [0, 0.1) is 0 Å². The van der Waals surface area contributed by atoms with Gasteiger partial charge in [-0.3, -0.25) is 24.0 Å². The number of anilines is 1. The monoisotopic (exact) mass is 718 g/mol. The number of carbonyl (C=O) groups is 5. The van der Waals surface area contributed by atoms with Gasteiger partial charge in [0.1, 0.15) is 6.61 Å². The van der Waals surface area contributed by atoms with Crippen molar-refractivity contribution >= 4 is 35.4 Å². The van der Waals surface area contributed by atoms with Crippen molar-refractivity contribution in [3.05, 3.63) is 125 Å². The Balaban J connectivity index is 1.60. The summed E-state index contributed by atoms with van der Waals surface area (Å²) in [5, 5.41) is 2.72. The third-order valence-corrected chi connectivity index (χ3v) is 8.00. The molecule has 4 aromatic rings. The molecule has 0 aliphatic carbocycles. The van der Waals surface area contributed by atoms with E-state index in [1.165, 1.54) is 67.5 Å². The number of halogens is 3. The molecule has 0 atom stereocenters. The molecular weight excluding hydrogens is 681 g/mol. The number of carbonyl (C=O) groups excluding carboxylic acids is 5. The first-order valence-corrected chi connectivity index (χ1v) is 16.2. The zero-order chi connectivity index (χ0) is 38.1. The van der Waals surface area contributed by atoms with Gasteiger partial charge in [0, 0.05) is 30.9 Å². The molecule has 0 aromatic heterocycles. The number of amides is 2. The predicted molar refractivity (Wildman–Crippen MR) is 185 cm³/mol. The summed E-state index contributed by atoms with van der Waals surface area (Å²) >= 11 is 0. The molecular formula is C39H37F3N2O8. The van der Waals surface area contributed by atoms with Crippen LogP contribution in [0.2, 0.25) is 0 Å². The van der Waals surface area contributed by atoms with Crippen LogP contribution >= 0.6 is 0 Å². The number of esters is 3. The van der Waals surface area contributed by atoms with E-state index in [-0.39, 0.29) is 41.2 Å². The van der Waals surface area contributed by atoms with Crippen molar-refractivity contribution in [3.8, 4) is 11.1 Å². The zero-order valence-corrected chi connectivity index (χ0v) is 28.9. The summed E-state index contributed by atoms with van der Waals surface area (Å²) in [5.41, 5.74) is -1.33. The molecule has 0 fully saturated rings. The zero-order valence-electron chi connectivity index (χ0n) is 28.9. The Kier molecular flexibility index (Phi) is 12.6. The van der Waals surface area contributed by atoms with Crippen LogP contribution in [-0.4, -0.2) is 68.5 Å². The number of rotatable bonds is 13. The van der Waals surface area contributed by atoms with Crippen molar-refractivity contribution in [1.29, 1.82) is 0 Å². The molecule has 0 aliphatic rings. The normalized spacial score (nSPS) is 11.3. The minimum atomic E-state index is -4.52. The summed E-state index contributed by atoms with van der Waals surface area (Å²) in [5.74, 6) is -3.89. The Bertz CT molecular complexity index is 1910. The van der Waals surface area contributed by atoms with Gasteiger partial charge >= 0.3 is 24.1 Å². The molecule has 13 heteroatoms. The highest BCUT2D eigenvalue weighted by molar-refractivity contribution is 6.09. The number of nitrogens with zero attached hydrogens (tertiary/aromatic N) is 1. The number of hydrogen-bond donors (Lipinski definition) is 1. The maximum absolute atomic E-state index is 13.5. The molecule has 10 nitrogen and oxygen atoms in total. The molecule has 0 unspecified atom stereocenters. The Hall–Kier alpha value is -5.98. The first kappa shape index (κ1) is 38.8. The van der Waals surface area contributed by atoms with E-state index in [1.807, 2.05) is 0 Å². The van der Waals surface area contributed by atoms with Gasteiger partial charge in [0.05, 0.1) is 25.2 Å². The fourth-order valence-electron chi connectivity index (χ4n) is 5.37. The first-order valence-electron chi connectivity index (χ1n) is 16.2. The molecule has 52 heavy (non-hydrogen) atoms. The number of alkyl halides is 3. The van der Waals surface area contributed by atoms with E-state index in [0.717, 1.165) is 12.1 Å². The lowest BCUT2D eigenvalue weighted by Gasteiger charge is -2.29. The highest BCUT2D eigenvalue weighted by atomic mass is 19.4. The van der Waals surface area contributed by atoms with Crippen LogP contribution < -0.4 is 5.32 Å². The quantitative estimate of drug-likeness (QED) is 0.0946. The fourth-order valence-corrected chi connectivity index (χ4v) is 5.37. The second-order valence-corrected chi connectivity index (χ2v) is 11.7. The maximum atomic E-state index is 13.5. The molecule has 0 heterocycles. The molecule has 272 valence electrons. The van der Waals surface area contributed by atoms with Crippen LogP contribution in [0.5, 0.6) is 0 Å². The molecule has 0 radical (unpaired) electrons. The van der Waals surface area contributed by atoms with Gasteiger partial charge in [0.2, 0.25) is 5.41 Å². The average molecular weight is 719 g/mol. The van der Waals surface area contributed by atoms with Gasteiger partial charge < -0.3 is 24.4 Å². The lowest BCUT2D eigenvalue weighted by Crippen LogP contribution is -2.50. The largest absolute Gasteiger partial charge is 0.465 e. The van der Waals surface area contributed by atoms with Crippen molar-refractivity contribution in [2.24, 2.45) is 0 Å². The van der Waals surface area contributed by atoms with Crippen LogP contribution in [0.3, 0.4) is 0 Å². The van der Waals surface area contributed by atoms with Crippen LogP contribution in [-0.2, 0) is 46.6 Å². The summed E-state index contributed by atoms with van der Waals surface area (Å²) in [6.07, 6.45) is -4.96. The van der Waals surface area contributed by atoms with Crippen LogP contribution in [0.4, 0.5) is 18.9 Å². The predicted octanol–water partition coefficient (Wildman–Crippen LogP) is 6.48. The van der Waals surface area contributed by atoms with E-state index in [2.05, 4.69) is 5.32 Å². The summed E-state index contributed by atoms with van der Waals surface area (Å²) in [6.45, 7) is 2.29. The summed E-state index contributed by atoms with van der Waals surface area (Å²) < 4.78 is 55.3. The Morgan fingerprint density at radius 3 is 1.87 bits per heavy atom. The maximum Gasteiger partial charge on any atom is 0.416 e. The van der Waals surface area contributed by atoms with E-state index >= 15 is 0 Å². The highest BCUT2D eigenvalue weighted by Gasteiger charge is 2.52. The molecule has 0 spiro atoms. The van der Waals surface area contributed by atoms with E-state index in [9.17, 15) is 37.1 Å². The summed E-state index contributed by atoms with van der Waals surface area (Å²) in [6, 6.07) is 23.0. The van der Waals surface area contributed by atoms with Crippen LogP contribution in [0.15, 0.2) is 97.1 Å². The Morgan fingerprint density at radius 2 is 1.29 bits per heavy atom. The first-order chi connectivity index (χ1) is 24.7. The van der Waals surface area contributed by atoms with Crippen molar-refractivity contribution in [2.75, 3.05) is 39.2 Å².